The zero-order valence-electron chi connectivity index (χ0n) is 10.5. The molecule has 3 atom stereocenters. The standard InChI is InChI=1S/C12H25NO2/c1-5-10-6-7-11(8-10)13-9(2)12(14-3)15-4/h9-13H,5-8H2,1-4H3. The van der Waals surface area contributed by atoms with Crippen LogP contribution in [-0.4, -0.2) is 32.6 Å². The molecule has 0 radical (unpaired) electrons. The lowest BCUT2D eigenvalue weighted by Crippen LogP contribution is -2.44. The van der Waals surface area contributed by atoms with Crippen LogP contribution in [0.4, 0.5) is 0 Å². The van der Waals surface area contributed by atoms with Crippen molar-refractivity contribution in [2.75, 3.05) is 14.2 Å². The van der Waals surface area contributed by atoms with Gasteiger partial charge in [0.2, 0.25) is 0 Å². The fourth-order valence-corrected chi connectivity index (χ4v) is 2.55. The Morgan fingerprint density at radius 2 is 1.93 bits per heavy atom. The summed E-state index contributed by atoms with van der Waals surface area (Å²) in [4.78, 5) is 0. The normalized spacial score (nSPS) is 28.6. The summed E-state index contributed by atoms with van der Waals surface area (Å²) in [7, 11) is 3.38. The van der Waals surface area contributed by atoms with Gasteiger partial charge in [-0.3, -0.25) is 0 Å². The van der Waals surface area contributed by atoms with E-state index >= 15 is 0 Å². The smallest absolute Gasteiger partial charge is 0.171 e. The van der Waals surface area contributed by atoms with E-state index in [-0.39, 0.29) is 12.3 Å². The Balaban J connectivity index is 2.29. The first-order chi connectivity index (χ1) is 7.21. The number of nitrogens with one attached hydrogen (secondary N) is 1. The third-order valence-electron chi connectivity index (χ3n) is 3.49. The molecule has 1 rings (SSSR count). The van der Waals surface area contributed by atoms with Gasteiger partial charge in [0, 0.05) is 20.3 Å². The third kappa shape index (κ3) is 3.74. The summed E-state index contributed by atoms with van der Waals surface area (Å²) in [5.74, 6) is 0.915. The molecule has 3 unspecified atom stereocenters. The van der Waals surface area contributed by atoms with Crippen molar-refractivity contribution in [3.63, 3.8) is 0 Å². The molecule has 0 aromatic heterocycles. The van der Waals surface area contributed by atoms with Gasteiger partial charge in [0.05, 0.1) is 6.04 Å². The molecule has 0 spiro atoms. The highest BCUT2D eigenvalue weighted by Crippen LogP contribution is 2.28. The Hall–Kier alpha value is -0.120. The fourth-order valence-electron chi connectivity index (χ4n) is 2.55. The maximum Gasteiger partial charge on any atom is 0.171 e. The van der Waals surface area contributed by atoms with Crippen LogP contribution in [0.5, 0.6) is 0 Å². The van der Waals surface area contributed by atoms with E-state index in [2.05, 4.69) is 19.2 Å². The Bertz CT molecular complexity index is 171. The summed E-state index contributed by atoms with van der Waals surface area (Å²) in [6.45, 7) is 4.40. The van der Waals surface area contributed by atoms with Crippen LogP contribution in [0.1, 0.15) is 39.5 Å². The molecule has 0 amide bonds. The van der Waals surface area contributed by atoms with E-state index in [1.54, 1.807) is 14.2 Å². The van der Waals surface area contributed by atoms with Crippen LogP contribution in [0.3, 0.4) is 0 Å². The van der Waals surface area contributed by atoms with Crippen molar-refractivity contribution in [3.05, 3.63) is 0 Å². The maximum atomic E-state index is 5.24. The molecule has 1 aliphatic rings. The molecule has 3 nitrogen and oxygen atoms in total. The summed E-state index contributed by atoms with van der Waals surface area (Å²) in [6, 6.07) is 0.915. The number of hydrogen-bond donors (Lipinski definition) is 1. The molecular formula is C12H25NO2. The maximum absolute atomic E-state index is 5.24. The second-order valence-electron chi connectivity index (χ2n) is 4.58. The summed E-state index contributed by atoms with van der Waals surface area (Å²) >= 11 is 0. The molecule has 1 saturated carbocycles. The molecule has 0 aromatic carbocycles. The van der Waals surface area contributed by atoms with E-state index in [4.69, 9.17) is 9.47 Å². The molecule has 90 valence electrons. The highest BCUT2D eigenvalue weighted by Gasteiger charge is 2.26. The summed E-state index contributed by atoms with van der Waals surface area (Å²) < 4.78 is 10.5. The SMILES string of the molecule is CCC1CCC(NC(C)C(OC)OC)C1. The third-order valence-corrected chi connectivity index (χ3v) is 3.49. The largest absolute Gasteiger partial charge is 0.354 e. The fraction of sp³-hybridized carbons (Fsp3) is 1.00. The van der Waals surface area contributed by atoms with E-state index in [9.17, 15) is 0 Å². The molecule has 1 aliphatic carbocycles. The second kappa shape index (κ2) is 6.46. The molecule has 3 heteroatoms. The molecule has 0 aromatic rings. The van der Waals surface area contributed by atoms with Gasteiger partial charge in [0.15, 0.2) is 6.29 Å². The summed E-state index contributed by atoms with van der Waals surface area (Å²) in [5, 5.41) is 3.60. The molecule has 1 N–H and O–H groups in total. The first-order valence-electron chi connectivity index (χ1n) is 6.02. The Morgan fingerprint density at radius 3 is 2.40 bits per heavy atom. The van der Waals surface area contributed by atoms with Crippen LogP contribution in [0.2, 0.25) is 0 Å². The molecule has 0 bridgehead atoms. The minimum absolute atomic E-state index is 0.134. The highest BCUT2D eigenvalue weighted by molar-refractivity contribution is 4.82. The first-order valence-corrected chi connectivity index (χ1v) is 6.02. The Labute approximate surface area is 93.5 Å². The van der Waals surface area contributed by atoms with Gasteiger partial charge in [0.25, 0.3) is 0 Å². The van der Waals surface area contributed by atoms with E-state index in [0.29, 0.717) is 6.04 Å². The highest BCUT2D eigenvalue weighted by atomic mass is 16.7. The van der Waals surface area contributed by atoms with Gasteiger partial charge < -0.3 is 14.8 Å². The van der Waals surface area contributed by atoms with Gasteiger partial charge in [-0.2, -0.15) is 0 Å². The average molecular weight is 215 g/mol. The Kier molecular flexibility index (Phi) is 5.58. The molecule has 1 fully saturated rings. The molecule has 0 heterocycles. The zero-order valence-corrected chi connectivity index (χ0v) is 10.5. The number of rotatable bonds is 6. The molecule has 0 saturated heterocycles. The first kappa shape index (κ1) is 12.9. The van der Waals surface area contributed by atoms with Crippen molar-refractivity contribution >= 4 is 0 Å². The number of methoxy groups -OCH3 is 2. The van der Waals surface area contributed by atoms with Gasteiger partial charge in [0.1, 0.15) is 0 Å². The van der Waals surface area contributed by atoms with Crippen molar-refractivity contribution in [2.24, 2.45) is 5.92 Å². The molecular weight excluding hydrogens is 190 g/mol. The van der Waals surface area contributed by atoms with E-state index in [0.717, 1.165) is 5.92 Å². The summed E-state index contributed by atoms with van der Waals surface area (Å²) in [5.41, 5.74) is 0. The second-order valence-corrected chi connectivity index (χ2v) is 4.58. The lowest BCUT2D eigenvalue weighted by molar-refractivity contribution is -0.120. The Morgan fingerprint density at radius 1 is 1.27 bits per heavy atom. The van der Waals surface area contributed by atoms with E-state index in [1.165, 1.54) is 25.7 Å². The monoisotopic (exact) mass is 215 g/mol. The lowest BCUT2D eigenvalue weighted by Gasteiger charge is -2.25. The van der Waals surface area contributed by atoms with Crippen LogP contribution in [0, 0.1) is 5.92 Å². The van der Waals surface area contributed by atoms with Crippen molar-refractivity contribution < 1.29 is 9.47 Å². The van der Waals surface area contributed by atoms with Gasteiger partial charge in [-0.05, 0) is 32.1 Å². The van der Waals surface area contributed by atoms with Crippen LogP contribution >= 0.6 is 0 Å². The van der Waals surface area contributed by atoms with Gasteiger partial charge in [-0.1, -0.05) is 13.3 Å². The van der Waals surface area contributed by atoms with Crippen LogP contribution < -0.4 is 5.32 Å². The van der Waals surface area contributed by atoms with Gasteiger partial charge in [-0.15, -0.1) is 0 Å². The minimum atomic E-state index is -0.134. The number of ether oxygens (including phenoxy) is 2. The predicted molar refractivity (Wildman–Crippen MR) is 61.8 cm³/mol. The van der Waals surface area contributed by atoms with Crippen molar-refractivity contribution in [1.82, 2.24) is 5.32 Å². The van der Waals surface area contributed by atoms with Crippen molar-refractivity contribution in [3.8, 4) is 0 Å². The van der Waals surface area contributed by atoms with E-state index in [1.807, 2.05) is 0 Å². The topological polar surface area (TPSA) is 30.5 Å². The van der Waals surface area contributed by atoms with Gasteiger partial charge in [-0.25, -0.2) is 0 Å². The predicted octanol–water partition coefficient (Wildman–Crippen LogP) is 2.16. The average Bonchev–Trinajstić information content (AvgIpc) is 2.67. The van der Waals surface area contributed by atoms with Crippen molar-refractivity contribution in [1.29, 1.82) is 0 Å². The van der Waals surface area contributed by atoms with Crippen LogP contribution in [-0.2, 0) is 9.47 Å². The van der Waals surface area contributed by atoms with Crippen LogP contribution in [0.15, 0.2) is 0 Å². The van der Waals surface area contributed by atoms with Crippen molar-refractivity contribution in [2.45, 2.75) is 57.9 Å². The zero-order chi connectivity index (χ0) is 11.3. The van der Waals surface area contributed by atoms with Gasteiger partial charge >= 0.3 is 0 Å². The minimum Gasteiger partial charge on any atom is -0.354 e. The molecule has 0 aliphatic heterocycles. The summed E-state index contributed by atoms with van der Waals surface area (Å²) in [6.07, 6.45) is 5.14. The quantitative estimate of drug-likeness (QED) is 0.689. The lowest BCUT2D eigenvalue weighted by atomic mass is 10.1. The number of hydrogen-bond acceptors (Lipinski definition) is 3. The van der Waals surface area contributed by atoms with E-state index < -0.39 is 0 Å². The molecule has 15 heavy (non-hydrogen) atoms. The van der Waals surface area contributed by atoms with Crippen LogP contribution in [0.25, 0.3) is 0 Å².